The van der Waals surface area contributed by atoms with Crippen molar-refractivity contribution in [2.75, 3.05) is 26.4 Å². The van der Waals surface area contributed by atoms with Gasteiger partial charge in [0.05, 0.1) is 31.0 Å². The fraction of sp³-hybridized carbons (Fsp3) is 0.941. The normalized spacial score (nSPS) is 15.1. The highest BCUT2D eigenvalue weighted by Crippen LogP contribution is 2.25. The highest BCUT2D eigenvalue weighted by molar-refractivity contribution is 5.80. The molecule has 438 valence electrons. The van der Waals surface area contributed by atoms with E-state index in [1.165, 1.54) is 340 Å². The fourth-order valence-electron chi connectivity index (χ4n) is 11.3. The molecular weight excluding hydrogens is 913 g/mol. The van der Waals surface area contributed by atoms with Crippen molar-refractivity contribution >= 4 is 11.9 Å². The Morgan fingerprint density at radius 3 is 0.838 bits per heavy atom. The Morgan fingerprint density at radius 2 is 0.581 bits per heavy atom. The standard InChI is InChI=1S/C68H130O6/c1-2-3-4-5-6-7-8-9-10-11-12-13-14-15-16-17-18-19-20-21-22-23-24-25-26-27-28-29-30-31-32-33-34-35-36-37-38-39-40-41-42-43-44-45-46-47-48-49-50-51-52-53-54-55-56-57-58-59-65-60-66(71)73-63-68(61-69,62-70)64-74-67(65)72/h56-57,65,69-70H,2-55,58-64H2,1H3/b57-56+. The van der Waals surface area contributed by atoms with Gasteiger partial charge in [0.1, 0.15) is 13.2 Å². The van der Waals surface area contributed by atoms with Crippen molar-refractivity contribution < 1.29 is 29.3 Å². The SMILES string of the molecule is CCCCCCCCCCCCCCCCCCCCCCCCCCCCCCCCCCCCCCCCCCCCCCCCCCCCCCC/C=C/CCC1CC(=O)OCC(CO)(CO)COC1=O. The molecule has 74 heavy (non-hydrogen) atoms. The van der Waals surface area contributed by atoms with Gasteiger partial charge in [0.15, 0.2) is 0 Å². The Morgan fingerprint density at radius 1 is 0.351 bits per heavy atom. The lowest BCUT2D eigenvalue weighted by Gasteiger charge is -2.27. The van der Waals surface area contributed by atoms with E-state index in [-0.39, 0.29) is 19.6 Å². The van der Waals surface area contributed by atoms with E-state index >= 15 is 0 Å². The van der Waals surface area contributed by atoms with Crippen LogP contribution in [-0.2, 0) is 19.1 Å². The molecule has 1 aliphatic rings. The number of carbonyl (C=O) groups excluding carboxylic acids is 2. The number of aliphatic hydroxyl groups is 2. The van der Waals surface area contributed by atoms with Crippen molar-refractivity contribution in [1.82, 2.24) is 0 Å². The molecule has 0 amide bonds. The van der Waals surface area contributed by atoms with Gasteiger partial charge in [0.25, 0.3) is 0 Å². The molecule has 1 rings (SSSR count). The third-order valence-electron chi connectivity index (χ3n) is 16.8. The summed E-state index contributed by atoms with van der Waals surface area (Å²) in [6, 6.07) is 0. The second-order valence-electron chi connectivity index (χ2n) is 24.2. The Balaban J connectivity index is 1.67. The smallest absolute Gasteiger partial charge is 0.309 e. The second-order valence-corrected chi connectivity index (χ2v) is 24.2. The number of esters is 2. The molecular formula is C68H130O6. The minimum Gasteiger partial charge on any atom is -0.465 e. The maximum atomic E-state index is 12.5. The van der Waals surface area contributed by atoms with E-state index in [0.29, 0.717) is 12.8 Å². The van der Waals surface area contributed by atoms with Gasteiger partial charge in [-0.25, -0.2) is 0 Å². The van der Waals surface area contributed by atoms with Crippen LogP contribution in [0, 0.1) is 11.3 Å². The summed E-state index contributed by atoms with van der Waals surface area (Å²) >= 11 is 0. The van der Waals surface area contributed by atoms with E-state index in [9.17, 15) is 19.8 Å². The molecule has 1 heterocycles. The minimum atomic E-state index is -1.14. The quantitative estimate of drug-likeness (QED) is 0.0358. The number of aliphatic hydroxyl groups excluding tert-OH is 2. The number of hydrogen-bond donors (Lipinski definition) is 2. The number of cyclic esters (lactones) is 2. The summed E-state index contributed by atoms with van der Waals surface area (Å²) in [5, 5.41) is 19.2. The first-order valence-electron chi connectivity index (χ1n) is 33.8. The van der Waals surface area contributed by atoms with Crippen molar-refractivity contribution in [2.45, 2.75) is 373 Å². The summed E-state index contributed by atoms with van der Waals surface area (Å²) in [7, 11) is 0. The van der Waals surface area contributed by atoms with E-state index in [4.69, 9.17) is 9.47 Å². The Labute approximate surface area is 462 Å². The molecule has 0 bridgehead atoms. The van der Waals surface area contributed by atoms with Crippen LogP contribution in [-0.4, -0.2) is 48.6 Å². The zero-order valence-electron chi connectivity index (χ0n) is 49.9. The number of rotatable bonds is 59. The van der Waals surface area contributed by atoms with Crippen molar-refractivity contribution in [2.24, 2.45) is 11.3 Å². The lowest BCUT2D eigenvalue weighted by atomic mass is 9.92. The highest BCUT2D eigenvalue weighted by Gasteiger charge is 2.36. The number of ether oxygens (including phenoxy) is 2. The van der Waals surface area contributed by atoms with Gasteiger partial charge in [-0.15, -0.1) is 0 Å². The largest absolute Gasteiger partial charge is 0.465 e. The van der Waals surface area contributed by atoms with Gasteiger partial charge in [0, 0.05) is 0 Å². The van der Waals surface area contributed by atoms with Gasteiger partial charge >= 0.3 is 11.9 Å². The molecule has 0 aromatic carbocycles. The van der Waals surface area contributed by atoms with Gasteiger partial charge < -0.3 is 19.7 Å². The van der Waals surface area contributed by atoms with Crippen molar-refractivity contribution in [3.05, 3.63) is 12.2 Å². The Hall–Kier alpha value is -1.40. The molecule has 0 aromatic heterocycles. The van der Waals surface area contributed by atoms with Crippen LogP contribution in [0.15, 0.2) is 12.2 Å². The van der Waals surface area contributed by atoms with Crippen LogP contribution in [0.3, 0.4) is 0 Å². The third kappa shape index (κ3) is 48.9. The van der Waals surface area contributed by atoms with E-state index in [0.717, 1.165) is 6.42 Å². The van der Waals surface area contributed by atoms with Crippen LogP contribution in [0.4, 0.5) is 0 Å². The molecule has 1 saturated heterocycles. The average Bonchev–Trinajstić information content (AvgIpc) is 3.47. The fourth-order valence-corrected chi connectivity index (χ4v) is 11.3. The van der Waals surface area contributed by atoms with Crippen molar-refractivity contribution in [1.29, 1.82) is 0 Å². The lowest BCUT2D eigenvalue weighted by Crippen LogP contribution is -2.40. The van der Waals surface area contributed by atoms with Gasteiger partial charge in [-0.2, -0.15) is 0 Å². The Bertz CT molecular complexity index is 1160. The predicted molar refractivity (Wildman–Crippen MR) is 320 cm³/mol. The maximum Gasteiger partial charge on any atom is 0.309 e. The van der Waals surface area contributed by atoms with E-state index in [1.807, 2.05) is 0 Å². The zero-order valence-corrected chi connectivity index (χ0v) is 49.9. The van der Waals surface area contributed by atoms with Crippen molar-refractivity contribution in [3.8, 4) is 0 Å². The maximum absolute atomic E-state index is 12.5. The minimum absolute atomic E-state index is 0.0283. The summed E-state index contributed by atoms with van der Waals surface area (Å²) in [4.78, 5) is 24.7. The molecule has 2 N–H and O–H groups in total. The highest BCUT2D eigenvalue weighted by atomic mass is 16.6. The van der Waals surface area contributed by atoms with Crippen molar-refractivity contribution in [3.63, 3.8) is 0 Å². The van der Waals surface area contributed by atoms with Crippen LogP contribution in [0.25, 0.3) is 0 Å². The molecule has 0 saturated carbocycles. The number of carbonyl (C=O) groups is 2. The summed E-state index contributed by atoms with van der Waals surface area (Å²) in [5.41, 5.74) is -1.14. The van der Waals surface area contributed by atoms with Crippen LogP contribution in [0.1, 0.15) is 373 Å². The molecule has 0 radical (unpaired) electrons. The molecule has 6 nitrogen and oxygen atoms in total. The molecule has 6 heteroatoms. The molecule has 1 aliphatic heterocycles. The van der Waals surface area contributed by atoms with Crippen LogP contribution in [0.2, 0.25) is 0 Å². The van der Waals surface area contributed by atoms with Gasteiger partial charge in [-0.05, 0) is 25.7 Å². The zero-order chi connectivity index (χ0) is 53.2. The third-order valence-corrected chi connectivity index (χ3v) is 16.8. The average molecular weight is 1040 g/mol. The van der Waals surface area contributed by atoms with E-state index < -0.39 is 36.5 Å². The molecule has 0 spiro atoms. The topological polar surface area (TPSA) is 93.1 Å². The first-order valence-corrected chi connectivity index (χ1v) is 33.8. The predicted octanol–water partition coefficient (Wildman–Crippen LogP) is 21.5. The summed E-state index contributed by atoms with van der Waals surface area (Å²) in [6.45, 7) is 1.16. The Kier molecular flexibility index (Phi) is 55.1. The number of unbranched alkanes of at least 4 members (excludes halogenated alkanes) is 53. The number of hydrogen-bond acceptors (Lipinski definition) is 6. The molecule has 1 fully saturated rings. The first-order chi connectivity index (χ1) is 36.6. The van der Waals surface area contributed by atoms with Crippen LogP contribution < -0.4 is 0 Å². The molecule has 0 aliphatic carbocycles. The van der Waals surface area contributed by atoms with E-state index in [2.05, 4.69) is 19.1 Å². The van der Waals surface area contributed by atoms with Gasteiger partial charge in [-0.3, -0.25) is 9.59 Å². The second kappa shape index (κ2) is 57.8. The van der Waals surface area contributed by atoms with E-state index in [1.54, 1.807) is 0 Å². The molecule has 1 unspecified atom stereocenters. The van der Waals surface area contributed by atoms with Crippen LogP contribution >= 0.6 is 0 Å². The lowest BCUT2D eigenvalue weighted by molar-refractivity contribution is -0.154. The summed E-state index contributed by atoms with van der Waals surface area (Å²) < 4.78 is 10.6. The monoisotopic (exact) mass is 1040 g/mol. The van der Waals surface area contributed by atoms with Gasteiger partial charge in [-0.1, -0.05) is 353 Å². The molecule has 1 atom stereocenters. The molecule has 0 aromatic rings. The summed E-state index contributed by atoms with van der Waals surface area (Å²) in [5.74, 6) is -1.50. The number of allylic oxidation sites excluding steroid dienone is 2. The first kappa shape index (κ1) is 70.6. The van der Waals surface area contributed by atoms with Crippen LogP contribution in [0.5, 0.6) is 0 Å². The van der Waals surface area contributed by atoms with Gasteiger partial charge in [0.2, 0.25) is 0 Å². The summed E-state index contributed by atoms with van der Waals surface area (Å²) in [6.07, 6.45) is 83.4.